The van der Waals surface area contributed by atoms with Gasteiger partial charge in [0.1, 0.15) is 12.6 Å². The second kappa shape index (κ2) is 11.8. The molecule has 2 atom stereocenters. The average Bonchev–Trinajstić information content (AvgIpc) is 2.80. The molecule has 0 aliphatic carbocycles. The molecule has 2 rings (SSSR count). The van der Waals surface area contributed by atoms with Crippen molar-refractivity contribution in [1.82, 2.24) is 10.2 Å². The summed E-state index contributed by atoms with van der Waals surface area (Å²) in [5.74, 6) is -0.720. The van der Waals surface area contributed by atoms with Crippen LogP contribution in [0.25, 0.3) is 0 Å². The second-order valence-electron chi connectivity index (χ2n) is 8.29. The summed E-state index contributed by atoms with van der Waals surface area (Å²) >= 11 is 0. The number of nitrogens with one attached hydrogen (secondary N) is 1. The predicted molar refractivity (Wildman–Crippen MR) is 132 cm³/mol. The zero-order valence-electron chi connectivity index (χ0n) is 20.1. The van der Waals surface area contributed by atoms with Gasteiger partial charge < -0.3 is 10.2 Å². The Morgan fingerprint density at radius 2 is 1.55 bits per heavy atom. The van der Waals surface area contributed by atoms with Gasteiger partial charge in [0.15, 0.2) is 0 Å². The molecule has 2 amide bonds. The van der Waals surface area contributed by atoms with Gasteiger partial charge in [-0.15, -0.1) is 0 Å². The number of benzene rings is 2. The minimum atomic E-state index is -3.72. The van der Waals surface area contributed by atoms with Crippen molar-refractivity contribution in [2.75, 3.05) is 17.1 Å². The SMILES string of the molecule is CCc1ccc(N(CC(=O)N(Cc2ccccc2)[C@@H](C)C(=O)N[C@H](C)CC)S(C)(=O)=O)cc1. The van der Waals surface area contributed by atoms with Crippen LogP contribution in [0.2, 0.25) is 0 Å². The highest BCUT2D eigenvalue weighted by Crippen LogP contribution is 2.20. The van der Waals surface area contributed by atoms with E-state index >= 15 is 0 Å². The molecule has 0 spiro atoms. The van der Waals surface area contributed by atoms with E-state index in [-0.39, 0.29) is 18.5 Å². The van der Waals surface area contributed by atoms with Crippen LogP contribution in [0.15, 0.2) is 54.6 Å². The van der Waals surface area contributed by atoms with Gasteiger partial charge in [-0.25, -0.2) is 8.42 Å². The summed E-state index contributed by atoms with van der Waals surface area (Å²) in [6.07, 6.45) is 2.67. The number of aryl methyl sites for hydroxylation is 1. The standard InChI is InChI=1S/C25H35N3O4S/c1-6-19(3)26-25(30)20(4)27(17-22-11-9-8-10-12-22)24(29)18-28(33(5,31)32)23-15-13-21(7-2)14-16-23/h8-16,19-20H,6-7,17-18H2,1-5H3,(H,26,30)/t19-,20+/m1/s1. The first-order valence-electron chi connectivity index (χ1n) is 11.3. The number of carbonyl (C=O) groups excluding carboxylic acids is 2. The Bertz CT molecular complexity index is 1020. The first-order chi connectivity index (χ1) is 15.6. The van der Waals surface area contributed by atoms with Crippen LogP contribution in [-0.4, -0.2) is 50.0 Å². The molecule has 1 N–H and O–H groups in total. The number of nitrogens with zero attached hydrogens (tertiary/aromatic N) is 2. The molecule has 0 saturated heterocycles. The van der Waals surface area contributed by atoms with Gasteiger partial charge in [-0.1, -0.05) is 56.3 Å². The highest BCUT2D eigenvalue weighted by molar-refractivity contribution is 7.92. The van der Waals surface area contributed by atoms with E-state index in [1.165, 1.54) is 4.90 Å². The van der Waals surface area contributed by atoms with Crippen LogP contribution in [0.3, 0.4) is 0 Å². The Morgan fingerprint density at radius 1 is 0.939 bits per heavy atom. The Kier molecular flexibility index (Phi) is 9.46. The van der Waals surface area contributed by atoms with Crippen LogP contribution in [0.4, 0.5) is 5.69 Å². The molecule has 0 aliphatic rings. The highest BCUT2D eigenvalue weighted by atomic mass is 32.2. The fourth-order valence-electron chi connectivity index (χ4n) is 3.34. The lowest BCUT2D eigenvalue weighted by Gasteiger charge is -2.32. The molecular formula is C25H35N3O4S. The van der Waals surface area contributed by atoms with E-state index in [0.29, 0.717) is 5.69 Å². The van der Waals surface area contributed by atoms with Gasteiger partial charge in [0.05, 0.1) is 11.9 Å². The number of amides is 2. The van der Waals surface area contributed by atoms with Crippen LogP contribution in [-0.2, 0) is 32.6 Å². The van der Waals surface area contributed by atoms with Crippen molar-refractivity contribution in [2.24, 2.45) is 0 Å². The summed E-state index contributed by atoms with van der Waals surface area (Å²) in [6.45, 7) is 7.36. The minimum absolute atomic E-state index is 0.0294. The molecule has 0 radical (unpaired) electrons. The van der Waals surface area contributed by atoms with E-state index in [2.05, 4.69) is 5.32 Å². The van der Waals surface area contributed by atoms with Crippen LogP contribution in [0, 0.1) is 0 Å². The van der Waals surface area contributed by atoms with Gasteiger partial charge in [-0.2, -0.15) is 0 Å². The van der Waals surface area contributed by atoms with Crippen molar-refractivity contribution in [3.05, 3.63) is 65.7 Å². The molecule has 0 saturated carbocycles. The summed E-state index contributed by atoms with van der Waals surface area (Å²) in [6, 6.07) is 15.6. The third kappa shape index (κ3) is 7.60. The van der Waals surface area contributed by atoms with Crippen molar-refractivity contribution >= 4 is 27.5 Å². The average molecular weight is 474 g/mol. The van der Waals surface area contributed by atoms with E-state index in [1.807, 2.05) is 63.2 Å². The molecule has 0 unspecified atom stereocenters. The number of hydrogen-bond donors (Lipinski definition) is 1. The number of anilines is 1. The molecule has 0 bridgehead atoms. The van der Waals surface area contributed by atoms with Gasteiger partial charge in [-0.3, -0.25) is 13.9 Å². The number of sulfonamides is 1. The molecule has 2 aromatic rings. The maximum atomic E-state index is 13.4. The van der Waals surface area contributed by atoms with Crippen molar-refractivity contribution in [1.29, 1.82) is 0 Å². The van der Waals surface area contributed by atoms with Gasteiger partial charge in [-0.05, 0) is 49.9 Å². The lowest BCUT2D eigenvalue weighted by atomic mass is 10.1. The third-order valence-electron chi connectivity index (χ3n) is 5.68. The summed E-state index contributed by atoms with van der Waals surface area (Å²) in [5.41, 5.74) is 2.34. The lowest BCUT2D eigenvalue weighted by molar-refractivity contribution is -0.139. The Labute approximate surface area is 197 Å². The van der Waals surface area contributed by atoms with Crippen LogP contribution < -0.4 is 9.62 Å². The predicted octanol–water partition coefficient (Wildman–Crippen LogP) is 3.35. The zero-order chi connectivity index (χ0) is 24.6. The number of carbonyl (C=O) groups is 2. The van der Waals surface area contributed by atoms with Gasteiger partial charge in [0.25, 0.3) is 0 Å². The number of hydrogen-bond acceptors (Lipinski definition) is 4. The zero-order valence-corrected chi connectivity index (χ0v) is 20.9. The first kappa shape index (κ1) is 26.4. The topological polar surface area (TPSA) is 86.8 Å². The van der Waals surface area contributed by atoms with Crippen molar-refractivity contribution < 1.29 is 18.0 Å². The fourth-order valence-corrected chi connectivity index (χ4v) is 4.19. The Hall–Kier alpha value is -2.87. The van der Waals surface area contributed by atoms with Crippen molar-refractivity contribution in [3.8, 4) is 0 Å². The smallest absolute Gasteiger partial charge is 0.244 e. The monoisotopic (exact) mass is 473 g/mol. The lowest BCUT2D eigenvalue weighted by Crippen LogP contribution is -2.52. The Morgan fingerprint density at radius 3 is 2.06 bits per heavy atom. The molecule has 0 fully saturated rings. The summed E-state index contributed by atoms with van der Waals surface area (Å²) in [5, 5.41) is 2.91. The van der Waals surface area contributed by atoms with Gasteiger partial charge >= 0.3 is 0 Å². The van der Waals surface area contributed by atoms with E-state index in [4.69, 9.17) is 0 Å². The van der Waals surface area contributed by atoms with E-state index in [1.54, 1.807) is 19.1 Å². The quantitative estimate of drug-likeness (QED) is 0.542. The molecule has 7 nitrogen and oxygen atoms in total. The highest BCUT2D eigenvalue weighted by Gasteiger charge is 2.30. The molecule has 180 valence electrons. The molecule has 33 heavy (non-hydrogen) atoms. The normalized spacial score (nSPS) is 13.1. The molecule has 8 heteroatoms. The van der Waals surface area contributed by atoms with Crippen LogP contribution in [0.5, 0.6) is 0 Å². The molecule has 0 aromatic heterocycles. The molecule has 0 aliphatic heterocycles. The Balaban J connectivity index is 2.34. The fraction of sp³-hybridized carbons (Fsp3) is 0.440. The van der Waals surface area contributed by atoms with E-state index < -0.39 is 28.5 Å². The van der Waals surface area contributed by atoms with Gasteiger partial charge in [0.2, 0.25) is 21.8 Å². The van der Waals surface area contributed by atoms with Crippen LogP contribution in [0.1, 0.15) is 45.2 Å². The van der Waals surface area contributed by atoms with E-state index in [0.717, 1.165) is 34.5 Å². The first-order valence-corrected chi connectivity index (χ1v) is 13.1. The summed E-state index contributed by atoms with van der Waals surface area (Å²) < 4.78 is 26.2. The third-order valence-corrected chi connectivity index (χ3v) is 6.82. The van der Waals surface area contributed by atoms with Crippen molar-refractivity contribution in [3.63, 3.8) is 0 Å². The second-order valence-corrected chi connectivity index (χ2v) is 10.2. The minimum Gasteiger partial charge on any atom is -0.352 e. The summed E-state index contributed by atoms with van der Waals surface area (Å²) in [4.78, 5) is 27.7. The molecule has 0 heterocycles. The summed E-state index contributed by atoms with van der Waals surface area (Å²) in [7, 11) is -3.72. The van der Waals surface area contributed by atoms with Gasteiger partial charge in [0, 0.05) is 12.6 Å². The maximum absolute atomic E-state index is 13.4. The van der Waals surface area contributed by atoms with Crippen LogP contribution >= 0.6 is 0 Å². The van der Waals surface area contributed by atoms with E-state index in [9.17, 15) is 18.0 Å². The molecule has 2 aromatic carbocycles. The largest absolute Gasteiger partial charge is 0.352 e. The number of rotatable bonds is 11. The van der Waals surface area contributed by atoms with Crippen molar-refractivity contribution in [2.45, 2.75) is 59.2 Å². The maximum Gasteiger partial charge on any atom is 0.244 e. The molecular weight excluding hydrogens is 438 g/mol.